The number of nitrogens with zero attached hydrogens (tertiary/aromatic N) is 1. The smallest absolute Gasteiger partial charge is 0.335 e. The first-order valence-electron chi connectivity index (χ1n) is 10.7. The quantitative estimate of drug-likeness (QED) is 0.507. The Morgan fingerprint density at radius 3 is 2.56 bits per heavy atom. The van der Waals surface area contributed by atoms with Gasteiger partial charge >= 0.3 is 11.9 Å². The third-order valence-electron chi connectivity index (χ3n) is 5.53. The highest BCUT2D eigenvalue weighted by molar-refractivity contribution is 7.92. The summed E-state index contributed by atoms with van der Waals surface area (Å²) in [5, 5.41) is 9.46. The summed E-state index contributed by atoms with van der Waals surface area (Å²) in [5.41, 5.74) is 0.455. The van der Waals surface area contributed by atoms with Crippen molar-refractivity contribution in [3.8, 4) is 11.5 Å². The van der Waals surface area contributed by atoms with Crippen LogP contribution in [0, 0.1) is 5.92 Å². The van der Waals surface area contributed by atoms with Gasteiger partial charge in [-0.25, -0.2) is 13.2 Å². The van der Waals surface area contributed by atoms with Gasteiger partial charge in [0.2, 0.25) is 0 Å². The van der Waals surface area contributed by atoms with E-state index in [0.717, 1.165) is 0 Å². The Bertz CT molecular complexity index is 1170. The molecule has 0 bridgehead atoms. The number of esters is 1. The Labute approximate surface area is 198 Å². The zero-order chi connectivity index (χ0) is 24.9. The first kappa shape index (κ1) is 25.2. The number of sulfonamides is 1. The van der Waals surface area contributed by atoms with Crippen LogP contribution < -0.4 is 19.1 Å². The van der Waals surface area contributed by atoms with Gasteiger partial charge in [0.05, 0.1) is 43.7 Å². The summed E-state index contributed by atoms with van der Waals surface area (Å²) in [7, 11) is -1.44. The summed E-state index contributed by atoms with van der Waals surface area (Å²) < 4.78 is 44.7. The van der Waals surface area contributed by atoms with Crippen molar-refractivity contribution in [1.29, 1.82) is 0 Å². The molecule has 3 rings (SSSR count). The van der Waals surface area contributed by atoms with E-state index in [4.69, 9.17) is 14.2 Å². The van der Waals surface area contributed by atoms with Crippen molar-refractivity contribution < 1.29 is 37.3 Å². The summed E-state index contributed by atoms with van der Waals surface area (Å²) in [4.78, 5) is 25.6. The summed E-state index contributed by atoms with van der Waals surface area (Å²) in [5.74, 6) is -1.46. The highest BCUT2D eigenvalue weighted by Crippen LogP contribution is 2.35. The molecule has 0 spiro atoms. The van der Waals surface area contributed by atoms with Crippen LogP contribution in [0.3, 0.4) is 0 Å². The Kier molecular flexibility index (Phi) is 7.87. The standard InChI is InChI=1S/C23H28N2O8S/c1-4-33-23(28)16-6-5-11-25(14-16)19-9-7-15(22(26)27)12-18(19)24-34(29,30)21-13-17(31-2)8-10-20(21)32-3/h7-10,12-13,16,24H,4-6,11,14H2,1-3H3,(H,26,27). The molecule has 1 heterocycles. The molecule has 0 radical (unpaired) electrons. The Morgan fingerprint density at radius 1 is 1.15 bits per heavy atom. The number of hydrogen-bond donors (Lipinski definition) is 2. The molecule has 10 nitrogen and oxygen atoms in total. The molecule has 1 atom stereocenters. The second-order valence-corrected chi connectivity index (χ2v) is 9.35. The van der Waals surface area contributed by atoms with E-state index in [2.05, 4.69) is 4.72 Å². The lowest BCUT2D eigenvalue weighted by Crippen LogP contribution is -2.39. The molecule has 2 aromatic rings. The number of carboxylic acid groups (broad SMARTS) is 1. The number of ether oxygens (including phenoxy) is 3. The molecule has 2 N–H and O–H groups in total. The molecular weight excluding hydrogens is 464 g/mol. The van der Waals surface area contributed by atoms with Crippen molar-refractivity contribution in [3.05, 3.63) is 42.0 Å². The minimum absolute atomic E-state index is 0.0780. The highest BCUT2D eigenvalue weighted by Gasteiger charge is 2.30. The molecule has 2 aromatic carbocycles. The topological polar surface area (TPSA) is 131 Å². The molecule has 1 fully saturated rings. The summed E-state index contributed by atoms with van der Waals surface area (Å²) >= 11 is 0. The average molecular weight is 493 g/mol. The van der Waals surface area contributed by atoms with Crippen LogP contribution in [0.1, 0.15) is 30.1 Å². The number of carboxylic acids is 1. The van der Waals surface area contributed by atoms with Crippen LogP contribution in [0.4, 0.5) is 11.4 Å². The van der Waals surface area contributed by atoms with Gasteiger partial charge in [-0.1, -0.05) is 0 Å². The molecule has 34 heavy (non-hydrogen) atoms. The SMILES string of the molecule is CCOC(=O)C1CCCN(c2ccc(C(=O)O)cc2NS(=O)(=O)c2cc(OC)ccc2OC)C1. The van der Waals surface area contributed by atoms with Crippen LogP contribution >= 0.6 is 0 Å². The third kappa shape index (κ3) is 5.53. The number of aromatic carboxylic acids is 1. The number of benzene rings is 2. The zero-order valence-corrected chi connectivity index (χ0v) is 20.1. The Morgan fingerprint density at radius 2 is 1.91 bits per heavy atom. The third-order valence-corrected chi connectivity index (χ3v) is 6.92. The number of rotatable bonds is 9. The number of methoxy groups -OCH3 is 2. The van der Waals surface area contributed by atoms with Crippen LogP contribution in [-0.4, -0.2) is 59.4 Å². The molecule has 1 unspecified atom stereocenters. The molecule has 1 saturated heterocycles. The number of hydrogen-bond acceptors (Lipinski definition) is 8. The lowest BCUT2D eigenvalue weighted by atomic mass is 9.97. The molecule has 184 valence electrons. The van der Waals surface area contributed by atoms with Gasteiger partial charge in [-0.3, -0.25) is 9.52 Å². The average Bonchev–Trinajstić information content (AvgIpc) is 2.83. The summed E-state index contributed by atoms with van der Waals surface area (Å²) in [6.07, 6.45) is 1.35. The fourth-order valence-corrected chi connectivity index (χ4v) is 5.12. The highest BCUT2D eigenvalue weighted by atomic mass is 32.2. The van der Waals surface area contributed by atoms with Crippen LogP contribution in [-0.2, 0) is 19.6 Å². The second kappa shape index (κ2) is 10.6. The first-order chi connectivity index (χ1) is 16.2. The van der Waals surface area contributed by atoms with Crippen molar-refractivity contribution in [1.82, 2.24) is 0 Å². The first-order valence-corrected chi connectivity index (χ1v) is 12.2. The van der Waals surface area contributed by atoms with E-state index >= 15 is 0 Å². The zero-order valence-electron chi connectivity index (χ0n) is 19.2. The molecule has 1 aliphatic heterocycles. The number of piperidine rings is 1. The molecule has 0 aliphatic carbocycles. The van der Waals surface area contributed by atoms with Crippen molar-refractivity contribution in [2.45, 2.75) is 24.7 Å². The minimum atomic E-state index is -4.20. The van der Waals surface area contributed by atoms with Crippen molar-refractivity contribution in [2.24, 2.45) is 5.92 Å². The number of carbonyl (C=O) groups excluding carboxylic acids is 1. The Balaban J connectivity index is 2.01. The van der Waals surface area contributed by atoms with Crippen molar-refractivity contribution in [2.75, 3.05) is 43.5 Å². The Hall–Kier alpha value is -3.47. The van der Waals surface area contributed by atoms with Crippen molar-refractivity contribution >= 4 is 33.3 Å². The maximum absolute atomic E-state index is 13.3. The van der Waals surface area contributed by atoms with Crippen molar-refractivity contribution in [3.63, 3.8) is 0 Å². The number of carbonyl (C=O) groups is 2. The maximum Gasteiger partial charge on any atom is 0.335 e. The van der Waals surface area contributed by atoms with E-state index in [-0.39, 0.29) is 40.4 Å². The van der Waals surface area contributed by atoms with Crippen LogP contribution in [0.5, 0.6) is 11.5 Å². The van der Waals surface area contributed by atoms with Gasteiger partial charge < -0.3 is 24.2 Å². The van der Waals surface area contributed by atoms with Gasteiger partial charge in [-0.2, -0.15) is 0 Å². The normalized spacial score (nSPS) is 16.0. The lowest BCUT2D eigenvalue weighted by Gasteiger charge is -2.34. The molecule has 0 amide bonds. The fourth-order valence-electron chi connectivity index (χ4n) is 3.87. The predicted octanol–water partition coefficient (Wildman–Crippen LogP) is 2.98. The maximum atomic E-state index is 13.3. The van der Waals surface area contributed by atoms with E-state index in [1.165, 1.54) is 44.6 Å². The van der Waals surface area contributed by atoms with Gasteiger partial charge in [0.15, 0.2) is 0 Å². The van der Waals surface area contributed by atoms with Crippen LogP contribution in [0.25, 0.3) is 0 Å². The van der Waals surface area contributed by atoms with Gasteiger partial charge in [0.1, 0.15) is 16.4 Å². The van der Waals surface area contributed by atoms with E-state index in [1.807, 2.05) is 4.90 Å². The van der Waals surface area contributed by atoms with Gasteiger partial charge in [0.25, 0.3) is 10.0 Å². The summed E-state index contributed by atoms with van der Waals surface area (Å²) in [6, 6.07) is 8.55. The van der Waals surface area contributed by atoms with Gasteiger partial charge in [-0.15, -0.1) is 0 Å². The number of nitrogens with one attached hydrogen (secondary N) is 1. The van der Waals surface area contributed by atoms with E-state index in [1.54, 1.807) is 13.0 Å². The fraction of sp³-hybridized carbons (Fsp3) is 0.391. The van der Waals surface area contributed by atoms with E-state index in [0.29, 0.717) is 37.4 Å². The lowest BCUT2D eigenvalue weighted by molar-refractivity contribution is -0.148. The molecular formula is C23H28N2O8S. The van der Waals surface area contributed by atoms with Crippen LogP contribution in [0.15, 0.2) is 41.3 Å². The van der Waals surface area contributed by atoms with Gasteiger partial charge in [-0.05, 0) is 50.1 Å². The van der Waals surface area contributed by atoms with E-state index < -0.39 is 16.0 Å². The minimum Gasteiger partial charge on any atom is -0.497 e. The summed E-state index contributed by atoms with van der Waals surface area (Å²) in [6.45, 7) is 2.90. The molecule has 0 aromatic heterocycles. The second-order valence-electron chi connectivity index (χ2n) is 7.70. The molecule has 1 aliphatic rings. The van der Waals surface area contributed by atoms with Crippen LogP contribution in [0.2, 0.25) is 0 Å². The number of anilines is 2. The molecule has 11 heteroatoms. The predicted molar refractivity (Wildman–Crippen MR) is 125 cm³/mol. The van der Waals surface area contributed by atoms with Gasteiger partial charge in [0, 0.05) is 19.2 Å². The van der Waals surface area contributed by atoms with E-state index in [9.17, 15) is 23.1 Å². The monoisotopic (exact) mass is 492 g/mol. The molecule has 0 saturated carbocycles. The largest absolute Gasteiger partial charge is 0.497 e.